The summed E-state index contributed by atoms with van der Waals surface area (Å²) >= 11 is 0. The van der Waals surface area contributed by atoms with Crippen LogP contribution in [0.2, 0.25) is 0 Å². The molecule has 4 heterocycles. The smallest absolute Gasteiger partial charge is 0.255 e. The van der Waals surface area contributed by atoms with Gasteiger partial charge >= 0.3 is 0 Å². The molecule has 3 aromatic rings. The molecule has 0 unspecified atom stereocenters. The number of aromatic hydroxyl groups is 1. The number of carbonyl (C=O) groups is 1. The summed E-state index contributed by atoms with van der Waals surface area (Å²) in [5, 5.41) is 9.65. The predicted octanol–water partition coefficient (Wildman–Crippen LogP) is 2.88. The maximum atomic E-state index is 13.0. The molecule has 1 amide bonds. The number of fused-ring (bicyclic) bond motifs is 4. The van der Waals surface area contributed by atoms with Crippen LogP contribution in [0.15, 0.2) is 65.7 Å². The molecule has 146 valence electrons. The van der Waals surface area contributed by atoms with E-state index >= 15 is 0 Å². The van der Waals surface area contributed by atoms with E-state index in [1.54, 1.807) is 6.07 Å². The summed E-state index contributed by atoms with van der Waals surface area (Å²) in [4.78, 5) is 31.5. The molecule has 6 heteroatoms. The number of pyridine rings is 2. The van der Waals surface area contributed by atoms with Gasteiger partial charge in [-0.05, 0) is 35.6 Å². The summed E-state index contributed by atoms with van der Waals surface area (Å²) in [6.45, 7) is 1.79. The number of nitrogens with zero attached hydrogens (tertiary/aromatic N) is 3. The topological polar surface area (TPSA) is 75.4 Å². The number of hydrogen-bond acceptors (Lipinski definition) is 4. The Balaban J connectivity index is 1.49. The number of rotatable bonds is 2. The van der Waals surface area contributed by atoms with Gasteiger partial charge in [0.1, 0.15) is 5.75 Å². The van der Waals surface area contributed by atoms with Crippen molar-refractivity contribution in [2.75, 3.05) is 13.1 Å². The van der Waals surface area contributed by atoms with Crippen LogP contribution >= 0.6 is 0 Å². The Hall–Kier alpha value is -3.41. The van der Waals surface area contributed by atoms with Gasteiger partial charge < -0.3 is 14.6 Å². The molecule has 1 fully saturated rings. The Labute approximate surface area is 168 Å². The number of likely N-dealkylation sites (tertiary alicyclic amines) is 1. The fourth-order valence-electron chi connectivity index (χ4n) is 4.65. The van der Waals surface area contributed by atoms with Crippen molar-refractivity contribution >= 4 is 5.91 Å². The lowest BCUT2D eigenvalue weighted by Crippen LogP contribution is -2.49. The molecular formula is C23H21N3O3. The molecule has 6 nitrogen and oxygen atoms in total. The molecular weight excluding hydrogens is 366 g/mol. The molecule has 2 bridgehead atoms. The number of benzene rings is 1. The third-order valence-electron chi connectivity index (χ3n) is 5.92. The highest BCUT2D eigenvalue weighted by atomic mass is 16.3. The number of carbonyl (C=O) groups excluding carboxylic acids is 1. The minimum Gasteiger partial charge on any atom is -0.506 e. The van der Waals surface area contributed by atoms with E-state index in [1.807, 2.05) is 39.8 Å². The van der Waals surface area contributed by atoms with E-state index in [0.717, 1.165) is 23.2 Å². The van der Waals surface area contributed by atoms with Crippen molar-refractivity contribution in [2.45, 2.75) is 18.9 Å². The molecule has 1 aromatic carbocycles. The standard InChI is InChI=1S/C23H21N3O3/c27-20-7-18(10-24-11-20)23(29)25-12-15-6-19(14-25)21-8-17(9-22(28)26(21)13-15)16-4-2-1-3-5-16/h1-5,7-11,15,19,27H,6,12-14H2/t15-,19+/m0/s1. The van der Waals surface area contributed by atoms with E-state index in [9.17, 15) is 14.7 Å². The third-order valence-corrected chi connectivity index (χ3v) is 5.92. The molecule has 2 aliphatic heterocycles. The number of amides is 1. The van der Waals surface area contributed by atoms with Crippen LogP contribution in [0.3, 0.4) is 0 Å². The van der Waals surface area contributed by atoms with Crippen LogP contribution in [0, 0.1) is 5.92 Å². The van der Waals surface area contributed by atoms with Crippen LogP contribution in [-0.2, 0) is 6.54 Å². The lowest BCUT2D eigenvalue weighted by atomic mass is 9.82. The largest absolute Gasteiger partial charge is 0.506 e. The monoisotopic (exact) mass is 387 g/mol. The summed E-state index contributed by atoms with van der Waals surface area (Å²) in [6, 6.07) is 15.2. The predicted molar refractivity (Wildman–Crippen MR) is 109 cm³/mol. The van der Waals surface area contributed by atoms with Crippen molar-refractivity contribution in [3.05, 3.63) is 82.5 Å². The summed E-state index contributed by atoms with van der Waals surface area (Å²) < 4.78 is 1.88. The number of aromatic nitrogens is 2. The van der Waals surface area contributed by atoms with Gasteiger partial charge in [0.2, 0.25) is 0 Å². The van der Waals surface area contributed by atoms with Crippen molar-refractivity contribution in [3.8, 4) is 16.9 Å². The molecule has 0 radical (unpaired) electrons. The molecule has 1 saturated heterocycles. The first-order valence-corrected chi connectivity index (χ1v) is 9.82. The highest BCUT2D eigenvalue weighted by Gasteiger charge is 2.37. The average Bonchev–Trinajstić information content (AvgIpc) is 2.74. The molecule has 0 saturated carbocycles. The Bertz CT molecular complexity index is 1140. The molecule has 0 spiro atoms. The van der Waals surface area contributed by atoms with Crippen LogP contribution in [0.1, 0.15) is 28.4 Å². The van der Waals surface area contributed by atoms with E-state index in [0.29, 0.717) is 25.2 Å². The van der Waals surface area contributed by atoms with E-state index in [4.69, 9.17) is 0 Å². The summed E-state index contributed by atoms with van der Waals surface area (Å²) in [7, 11) is 0. The van der Waals surface area contributed by atoms with E-state index in [1.165, 1.54) is 18.5 Å². The summed E-state index contributed by atoms with van der Waals surface area (Å²) in [5.74, 6) is 0.222. The zero-order valence-corrected chi connectivity index (χ0v) is 15.9. The van der Waals surface area contributed by atoms with Crippen LogP contribution < -0.4 is 5.56 Å². The normalized spacial score (nSPS) is 20.2. The zero-order chi connectivity index (χ0) is 20.0. The Morgan fingerprint density at radius 1 is 1.00 bits per heavy atom. The minimum atomic E-state index is -0.127. The second-order valence-electron chi connectivity index (χ2n) is 7.92. The van der Waals surface area contributed by atoms with Gasteiger partial charge in [0.25, 0.3) is 11.5 Å². The van der Waals surface area contributed by atoms with Gasteiger partial charge in [-0.25, -0.2) is 0 Å². The Kier molecular flexibility index (Phi) is 4.19. The highest BCUT2D eigenvalue weighted by molar-refractivity contribution is 5.94. The van der Waals surface area contributed by atoms with Crippen LogP contribution in [0.4, 0.5) is 0 Å². The van der Waals surface area contributed by atoms with E-state index in [-0.39, 0.29) is 29.1 Å². The van der Waals surface area contributed by atoms with Crippen molar-refractivity contribution in [1.29, 1.82) is 0 Å². The average molecular weight is 387 g/mol. The minimum absolute atomic E-state index is 0.0162. The number of piperidine rings is 1. The van der Waals surface area contributed by atoms with Gasteiger partial charge in [0.05, 0.1) is 11.8 Å². The fourth-order valence-corrected chi connectivity index (χ4v) is 4.65. The number of hydrogen-bond donors (Lipinski definition) is 1. The fraction of sp³-hybridized carbons (Fsp3) is 0.261. The van der Waals surface area contributed by atoms with Gasteiger partial charge in [0.15, 0.2) is 0 Å². The van der Waals surface area contributed by atoms with Crippen molar-refractivity contribution in [2.24, 2.45) is 5.92 Å². The van der Waals surface area contributed by atoms with E-state index in [2.05, 4.69) is 11.1 Å². The quantitative estimate of drug-likeness (QED) is 0.734. The zero-order valence-electron chi connectivity index (χ0n) is 15.9. The first-order valence-electron chi connectivity index (χ1n) is 9.82. The maximum absolute atomic E-state index is 13.0. The molecule has 0 aliphatic carbocycles. The van der Waals surface area contributed by atoms with E-state index < -0.39 is 0 Å². The highest BCUT2D eigenvalue weighted by Crippen LogP contribution is 2.37. The van der Waals surface area contributed by atoms with Gasteiger partial charge in [-0.2, -0.15) is 0 Å². The van der Waals surface area contributed by atoms with Crippen molar-refractivity contribution in [3.63, 3.8) is 0 Å². The first-order chi connectivity index (χ1) is 14.1. The third kappa shape index (κ3) is 3.20. The summed E-state index contributed by atoms with van der Waals surface area (Å²) in [6.07, 6.45) is 3.77. The van der Waals surface area contributed by atoms with Crippen molar-refractivity contribution < 1.29 is 9.90 Å². The Morgan fingerprint density at radius 3 is 2.62 bits per heavy atom. The van der Waals surface area contributed by atoms with Gasteiger partial charge in [0, 0.05) is 43.5 Å². The molecule has 2 atom stereocenters. The molecule has 2 aromatic heterocycles. The maximum Gasteiger partial charge on any atom is 0.255 e. The lowest BCUT2D eigenvalue weighted by Gasteiger charge is -2.43. The molecule has 1 N–H and O–H groups in total. The molecule has 5 rings (SSSR count). The second-order valence-corrected chi connectivity index (χ2v) is 7.92. The molecule has 2 aliphatic rings. The Morgan fingerprint density at radius 2 is 1.83 bits per heavy atom. The van der Waals surface area contributed by atoms with Crippen LogP contribution in [-0.4, -0.2) is 38.6 Å². The first kappa shape index (κ1) is 17.7. The van der Waals surface area contributed by atoms with Crippen LogP contribution in [0.25, 0.3) is 11.1 Å². The second kappa shape index (κ2) is 6.88. The van der Waals surface area contributed by atoms with Gasteiger partial charge in [-0.15, -0.1) is 0 Å². The summed E-state index contributed by atoms with van der Waals surface area (Å²) in [5.41, 5.74) is 3.35. The van der Waals surface area contributed by atoms with Crippen LogP contribution in [0.5, 0.6) is 5.75 Å². The SMILES string of the molecule is O=C(c1cncc(O)c1)N1C[C@@H]2C[C@H](C1)c1cc(-c3ccccc3)cc(=O)n1C2. The van der Waals surface area contributed by atoms with Gasteiger partial charge in [-0.3, -0.25) is 14.6 Å². The molecule has 29 heavy (non-hydrogen) atoms. The van der Waals surface area contributed by atoms with Gasteiger partial charge in [-0.1, -0.05) is 30.3 Å². The van der Waals surface area contributed by atoms with Crippen molar-refractivity contribution in [1.82, 2.24) is 14.5 Å². The lowest BCUT2D eigenvalue weighted by molar-refractivity contribution is 0.0594.